The molecule has 126 valence electrons. The van der Waals surface area contributed by atoms with Crippen molar-refractivity contribution in [2.24, 2.45) is 0 Å². The number of aryl methyl sites for hydroxylation is 1. The quantitative estimate of drug-likeness (QED) is 0.689. The summed E-state index contributed by atoms with van der Waals surface area (Å²) < 4.78 is 7.30. The van der Waals surface area contributed by atoms with Crippen LogP contribution in [0, 0.1) is 0 Å². The average Bonchev–Trinajstić information content (AvgIpc) is 3.11. The maximum atomic E-state index is 12.4. The molecule has 1 aliphatic carbocycles. The number of carbonyl (C=O) groups excluding carboxylic acids is 1. The number of hydrogen-bond acceptors (Lipinski definition) is 4. The number of nitrogens with zero attached hydrogens (tertiary/aromatic N) is 3. The highest BCUT2D eigenvalue weighted by atomic mass is 16.5. The molecule has 1 aliphatic rings. The van der Waals surface area contributed by atoms with Crippen molar-refractivity contribution in [2.75, 3.05) is 0 Å². The average molecular weight is 333 g/mol. The zero-order valence-corrected chi connectivity index (χ0v) is 13.8. The molecule has 25 heavy (non-hydrogen) atoms. The van der Waals surface area contributed by atoms with E-state index in [-0.39, 0.29) is 11.8 Å². The minimum absolute atomic E-state index is 0.0957. The molecule has 3 aromatic rings. The predicted octanol–water partition coefficient (Wildman–Crippen LogP) is 3.04. The molecule has 0 N–H and O–H groups in total. The number of carbonyl (C=O) groups is 1. The Bertz CT molecular complexity index is 873. The van der Waals surface area contributed by atoms with Gasteiger partial charge in [0.25, 0.3) is 0 Å². The number of fused-ring (bicyclic) bond motifs is 1. The second-order valence-corrected chi connectivity index (χ2v) is 6.33. The lowest BCUT2D eigenvalue weighted by molar-refractivity contribution is 0.0264. The summed E-state index contributed by atoms with van der Waals surface area (Å²) in [5.41, 5.74) is 3.98. The van der Waals surface area contributed by atoms with Crippen LogP contribution in [0.15, 0.2) is 60.8 Å². The summed E-state index contributed by atoms with van der Waals surface area (Å²) in [4.78, 5) is 12.4. The van der Waals surface area contributed by atoms with Gasteiger partial charge in [-0.1, -0.05) is 59.8 Å². The molecule has 0 bridgehead atoms. The van der Waals surface area contributed by atoms with Crippen LogP contribution in [0.3, 0.4) is 0 Å². The van der Waals surface area contributed by atoms with Gasteiger partial charge in [0.1, 0.15) is 6.10 Å². The molecule has 1 unspecified atom stereocenters. The van der Waals surface area contributed by atoms with Crippen molar-refractivity contribution >= 4 is 5.97 Å². The van der Waals surface area contributed by atoms with Crippen LogP contribution in [-0.4, -0.2) is 27.1 Å². The minimum atomic E-state index is -0.399. The van der Waals surface area contributed by atoms with E-state index < -0.39 is 5.97 Å². The molecule has 0 spiro atoms. The SMILES string of the molecule is O=C(OC1CCc2ccccc2C1)c1cn(Cc2ccccc2)nn1. The first kappa shape index (κ1) is 15.6. The first-order chi connectivity index (χ1) is 12.3. The molecule has 0 radical (unpaired) electrons. The van der Waals surface area contributed by atoms with Crippen molar-refractivity contribution in [3.8, 4) is 0 Å². The van der Waals surface area contributed by atoms with Crippen molar-refractivity contribution in [3.05, 3.63) is 83.2 Å². The number of hydrogen-bond donors (Lipinski definition) is 0. The first-order valence-corrected chi connectivity index (χ1v) is 8.50. The molecule has 5 heteroatoms. The molecule has 1 heterocycles. The van der Waals surface area contributed by atoms with E-state index in [9.17, 15) is 4.79 Å². The van der Waals surface area contributed by atoms with E-state index in [0.29, 0.717) is 6.54 Å². The summed E-state index contributed by atoms with van der Waals surface area (Å²) in [5, 5.41) is 7.99. The van der Waals surface area contributed by atoms with Gasteiger partial charge < -0.3 is 4.74 Å². The maximum Gasteiger partial charge on any atom is 0.360 e. The lowest BCUT2D eigenvalue weighted by Crippen LogP contribution is -2.25. The molecule has 1 atom stereocenters. The van der Waals surface area contributed by atoms with Crippen LogP contribution in [-0.2, 0) is 24.1 Å². The number of rotatable bonds is 4. The standard InChI is InChI=1S/C20H19N3O2/c24-20(25-18-11-10-16-8-4-5-9-17(16)12-18)19-14-23(22-21-19)13-15-6-2-1-3-7-15/h1-9,14,18H,10-13H2. The van der Waals surface area contributed by atoms with Crippen LogP contribution in [0.5, 0.6) is 0 Å². The summed E-state index contributed by atoms with van der Waals surface area (Å²) in [6, 6.07) is 18.3. The fourth-order valence-corrected chi connectivity index (χ4v) is 3.22. The van der Waals surface area contributed by atoms with Crippen molar-refractivity contribution in [1.82, 2.24) is 15.0 Å². The molecule has 0 fully saturated rings. The van der Waals surface area contributed by atoms with Gasteiger partial charge in [0.05, 0.1) is 12.7 Å². The predicted molar refractivity (Wildman–Crippen MR) is 93.2 cm³/mol. The van der Waals surface area contributed by atoms with Crippen molar-refractivity contribution in [1.29, 1.82) is 0 Å². The summed E-state index contributed by atoms with van der Waals surface area (Å²) in [5.74, 6) is -0.399. The fourth-order valence-electron chi connectivity index (χ4n) is 3.22. The van der Waals surface area contributed by atoms with Crippen LogP contribution in [0.25, 0.3) is 0 Å². The molecule has 0 saturated carbocycles. The third kappa shape index (κ3) is 3.60. The monoisotopic (exact) mass is 333 g/mol. The molecule has 1 aromatic heterocycles. The maximum absolute atomic E-state index is 12.4. The third-order valence-electron chi connectivity index (χ3n) is 4.51. The molecule has 2 aromatic carbocycles. The lowest BCUT2D eigenvalue weighted by atomic mass is 9.90. The van der Waals surface area contributed by atoms with E-state index in [2.05, 4.69) is 28.5 Å². The summed E-state index contributed by atoms with van der Waals surface area (Å²) in [7, 11) is 0. The smallest absolute Gasteiger partial charge is 0.360 e. The van der Waals surface area contributed by atoms with Crippen LogP contribution < -0.4 is 0 Å². The second-order valence-electron chi connectivity index (χ2n) is 6.33. The number of esters is 1. The van der Waals surface area contributed by atoms with E-state index in [4.69, 9.17) is 4.74 Å². The molecule has 0 amide bonds. The van der Waals surface area contributed by atoms with E-state index >= 15 is 0 Å². The Balaban J connectivity index is 1.39. The van der Waals surface area contributed by atoms with Gasteiger partial charge in [-0.25, -0.2) is 9.48 Å². The number of benzene rings is 2. The van der Waals surface area contributed by atoms with Gasteiger partial charge in [-0.15, -0.1) is 5.10 Å². The molecular weight excluding hydrogens is 314 g/mol. The van der Waals surface area contributed by atoms with Crippen LogP contribution in [0.4, 0.5) is 0 Å². The van der Waals surface area contributed by atoms with Gasteiger partial charge in [0, 0.05) is 6.42 Å². The second kappa shape index (κ2) is 6.89. The fraction of sp³-hybridized carbons (Fsp3) is 0.250. The van der Waals surface area contributed by atoms with E-state index in [1.807, 2.05) is 36.4 Å². The van der Waals surface area contributed by atoms with Crippen molar-refractivity contribution in [2.45, 2.75) is 31.9 Å². The van der Waals surface area contributed by atoms with E-state index in [0.717, 1.165) is 24.8 Å². The van der Waals surface area contributed by atoms with Crippen molar-refractivity contribution < 1.29 is 9.53 Å². The van der Waals surface area contributed by atoms with Gasteiger partial charge in [-0.2, -0.15) is 0 Å². The molecule has 0 aliphatic heterocycles. The van der Waals surface area contributed by atoms with Crippen LogP contribution in [0.1, 0.15) is 33.6 Å². The Hall–Kier alpha value is -2.95. The molecule has 5 nitrogen and oxygen atoms in total. The third-order valence-corrected chi connectivity index (χ3v) is 4.51. The first-order valence-electron chi connectivity index (χ1n) is 8.50. The van der Waals surface area contributed by atoms with Crippen LogP contribution in [0.2, 0.25) is 0 Å². The Labute approximate surface area is 146 Å². The summed E-state index contributed by atoms with van der Waals surface area (Å²) >= 11 is 0. The Morgan fingerprint density at radius 3 is 2.68 bits per heavy atom. The largest absolute Gasteiger partial charge is 0.457 e. The topological polar surface area (TPSA) is 57.0 Å². The summed E-state index contributed by atoms with van der Waals surface area (Å²) in [6.07, 6.45) is 4.10. The Kier molecular flexibility index (Phi) is 4.29. The highest BCUT2D eigenvalue weighted by molar-refractivity contribution is 5.86. The lowest BCUT2D eigenvalue weighted by Gasteiger charge is -2.24. The molecular formula is C20H19N3O2. The van der Waals surface area contributed by atoms with E-state index in [1.165, 1.54) is 11.1 Å². The zero-order chi connectivity index (χ0) is 17.1. The van der Waals surface area contributed by atoms with Gasteiger partial charge in [0.2, 0.25) is 0 Å². The van der Waals surface area contributed by atoms with Gasteiger partial charge in [-0.05, 0) is 29.5 Å². The number of ether oxygens (including phenoxy) is 1. The Morgan fingerprint density at radius 2 is 1.84 bits per heavy atom. The van der Waals surface area contributed by atoms with Crippen LogP contribution >= 0.6 is 0 Å². The highest BCUT2D eigenvalue weighted by Crippen LogP contribution is 2.23. The van der Waals surface area contributed by atoms with Gasteiger partial charge in [-0.3, -0.25) is 0 Å². The van der Waals surface area contributed by atoms with Gasteiger partial charge in [0.15, 0.2) is 5.69 Å². The molecule has 4 rings (SSSR count). The normalized spacial score (nSPS) is 16.2. The van der Waals surface area contributed by atoms with Gasteiger partial charge >= 0.3 is 5.97 Å². The van der Waals surface area contributed by atoms with E-state index in [1.54, 1.807) is 10.9 Å². The van der Waals surface area contributed by atoms with Crippen molar-refractivity contribution in [3.63, 3.8) is 0 Å². The highest BCUT2D eigenvalue weighted by Gasteiger charge is 2.23. The minimum Gasteiger partial charge on any atom is -0.457 e. The summed E-state index contributed by atoms with van der Waals surface area (Å²) in [6.45, 7) is 0.581. The number of aromatic nitrogens is 3. The molecule has 0 saturated heterocycles. The zero-order valence-electron chi connectivity index (χ0n) is 13.8. The Morgan fingerprint density at radius 1 is 1.08 bits per heavy atom.